The van der Waals surface area contributed by atoms with Gasteiger partial charge in [-0.3, -0.25) is 0 Å². The zero-order valence-electron chi connectivity index (χ0n) is 14.2. The summed E-state index contributed by atoms with van der Waals surface area (Å²) in [5, 5.41) is 3.56. The lowest BCUT2D eigenvalue weighted by molar-refractivity contribution is -0.102. The summed E-state index contributed by atoms with van der Waals surface area (Å²) < 4.78 is 28.9. The third-order valence-corrected chi connectivity index (χ3v) is 5.55. The number of rotatable bonds is 9. The summed E-state index contributed by atoms with van der Waals surface area (Å²) in [6, 6.07) is 0.256. The quantitative estimate of drug-likeness (QED) is 0.710. The van der Waals surface area contributed by atoms with Crippen LogP contribution in [0.5, 0.6) is 0 Å². The molecular formula is C16H33NO3S. The third-order valence-electron chi connectivity index (χ3n) is 4.52. The van der Waals surface area contributed by atoms with Gasteiger partial charge >= 0.3 is 0 Å². The molecule has 3 unspecified atom stereocenters. The van der Waals surface area contributed by atoms with Crippen molar-refractivity contribution in [1.29, 1.82) is 0 Å². The van der Waals surface area contributed by atoms with Crippen LogP contribution in [-0.2, 0) is 14.6 Å². The van der Waals surface area contributed by atoms with E-state index in [9.17, 15) is 8.42 Å². The molecule has 0 aromatic carbocycles. The van der Waals surface area contributed by atoms with Gasteiger partial charge in [-0.15, -0.1) is 0 Å². The molecule has 5 heteroatoms. The lowest BCUT2D eigenvalue weighted by Crippen LogP contribution is -2.55. The number of nitrogens with one attached hydrogen (secondary N) is 1. The fourth-order valence-corrected chi connectivity index (χ4v) is 4.42. The van der Waals surface area contributed by atoms with E-state index in [4.69, 9.17) is 4.74 Å². The first-order valence-electron chi connectivity index (χ1n) is 8.38. The molecule has 1 aliphatic carbocycles. The van der Waals surface area contributed by atoms with Crippen LogP contribution in [0.3, 0.4) is 0 Å². The highest BCUT2D eigenvalue weighted by Gasteiger charge is 2.42. The molecule has 0 amide bonds. The average Bonchev–Trinajstić information content (AvgIpc) is 2.36. The van der Waals surface area contributed by atoms with Gasteiger partial charge in [0.2, 0.25) is 0 Å². The zero-order chi connectivity index (χ0) is 15.9. The summed E-state index contributed by atoms with van der Waals surface area (Å²) in [5.41, 5.74) is -0.111. The maximum Gasteiger partial charge on any atom is 0.147 e. The third kappa shape index (κ3) is 6.25. The maximum atomic E-state index is 11.4. The van der Waals surface area contributed by atoms with Crippen LogP contribution in [0.2, 0.25) is 0 Å². The van der Waals surface area contributed by atoms with Gasteiger partial charge in [-0.25, -0.2) is 8.42 Å². The van der Waals surface area contributed by atoms with Crippen LogP contribution in [0.4, 0.5) is 0 Å². The molecule has 3 atom stereocenters. The first-order chi connectivity index (χ1) is 9.83. The Hall–Kier alpha value is -0.130. The van der Waals surface area contributed by atoms with E-state index >= 15 is 0 Å². The molecule has 4 nitrogen and oxygen atoms in total. The summed E-state index contributed by atoms with van der Waals surface area (Å²) >= 11 is 0. The van der Waals surface area contributed by atoms with Gasteiger partial charge in [0.15, 0.2) is 0 Å². The minimum atomic E-state index is -2.88. The average molecular weight is 320 g/mol. The summed E-state index contributed by atoms with van der Waals surface area (Å²) in [6.07, 6.45) is 7.54. The van der Waals surface area contributed by atoms with Gasteiger partial charge in [-0.2, -0.15) is 0 Å². The fourth-order valence-electron chi connectivity index (χ4n) is 3.73. The van der Waals surface area contributed by atoms with Crippen LogP contribution in [0.15, 0.2) is 0 Å². The molecule has 0 spiro atoms. The van der Waals surface area contributed by atoms with Crippen LogP contribution in [-0.4, -0.2) is 45.2 Å². The lowest BCUT2D eigenvalue weighted by atomic mass is 9.73. The molecule has 0 aromatic rings. The highest BCUT2D eigenvalue weighted by molar-refractivity contribution is 7.90. The molecule has 0 bridgehead atoms. The van der Waals surface area contributed by atoms with E-state index in [1.165, 1.54) is 19.1 Å². The van der Waals surface area contributed by atoms with Crippen molar-refractivity contribution < 1.29 is 13.2 Å². The molecule has 0 heterocycles. The standard InChI is InChI=1S/C16H33NO3S/c1-5-17-15(10-8-12-21(4,18)19)16(20-6-2)11-7-9-14(3)13-16/h14-15,17H,5-13H2,1-4H3. The Bertz CT molecular complexity index is 392. The maximum absolute atomic E-state index is 11.4. The van der Waals surface area contributed by atoms with Crippen molar-refractivity contribution >= 4 is 9.84 Å². The second-order valence-electron chi connectivity index (χ2n) is 6.58. The van der Waals surface area contributed by atoms with Crippen LogP contribution < -0.4 is 5.32 Å². The van der Waals surface area contributed by atoms with Gasteiger partial charge in [-0.05, 0) is 45.1 Å². The second-order valence-corrected chi connectivity index (χ2v) is 8.84. The molecule has 1 rings (SSSR count). The monoisotopic (exact) mass is 319 g/mol. The van der Waals surface area contributed by atoms with E-state index in [1.807, 2.05) is 0 Å². The second kappa shape index (κ2) is 8.49. The summed E-state index contributed by atoms with van der Waals surface area (Å²) in [6.45, 7) is 8.08. The number of hydrogen-bond acceptors (Lipinski definition) is 4. The fraction of sp³-hybridized carbons (Fsp3) is 1.00. The highest BCUT2D eigenvalue weighted by atomic mass is 32.2. The van der Waals surface area contributed by atoms with E-state index < -0.39 is 9.84 Å². The Morgan fingerprint density at radius 1 is 1.38 bits per heavy atom. The van der Waals surface area contributed by atoms with Crippen LogP contribution in [0, 0.1) is 5.92 Å². The molecule has 0 aromatic heterocycles. The Morgan fingerprint density at radius 2 is 2.10 bits per heavy atom. The van der Waals surface area contributed by atoms with E-state index in [-0.39, 0.29) is 17.4 Å². The van der Waals surface area contributed by atoms with E-state index in [0.29, 0.717) is 12.3 Å². The van der Waals surface area contributed by atoms with Crippen molar-refractivity contribution in [3.05, 3.63) is 0 Å². The van der Waals surface area contributed by atoms with Gasteiger partial charge < -0.3 is 10.1 Å². The van der Waals surface area contributed by atoms with Gasteiger partial charge in [0.25, 0.3) is 0 Å². The van der Waals surface area contributed by atoms with E-state index in [2.05, 4.69) is 26.1 Å². The van der Waals surface area contributed by atoms with Crippen LogP contribution >= 0.6 is 0 Å². The van der Waals surface area contributed by atoms with Crippen LogP contribution in [0.1, 0.15) is 59.3 Å². The molecule has 1 N–H and O–H groups in total. The van der Waals surface area contributed by atoms with Gasteiger partial charge in [-0.1, -0.05) is 26.7 Å². The van der Waals surface area contributed by atoms with Crippen LogP contribution in [0.25, 0.3) is 0 Å². The first-order valence-corrected chi connectivity index (χ1v) is 10.4. The van der Waals surface area contributed by atoms with Gasteiger partial charge in [0.05, 0.1) is 5.60 Å². The normalized spacial score (nSPS) is 28.5. The Balaban J connectivity index is 2.76. The molecule has 126 valence electrons. The molecule has 1 aliphatic rings. The predicted molar refractivity (Wildman–Crippen MR) is 88.4 cm³/mol. The number of likely N-dealkylation sites (N-methyl/N-ethyl adjacent to an activating group) is 1. The number of sulfone groups is 1. The minimum Gasteiger partial charge on any atom is -0.374 e. The molecule has 21 heavy (non-hydrogen) atoms. The highest BCUT2D eigenvalue weighted by Crippen LogP contribution is 2.39. The summed E-state index contributed by atoms with van der Waals surface area (Å²) in [7, 11) is -2.88. The van der Waals surface area contributed by atoms with Crippen molar-refractivity contribution in [3.8, 4) is 0 Å². The molecular weight excluding hydrogens is 286 g/mol. The Kier molecular flexibility index (Phi) is 7.65. The largest absolute Gasteiger partial charge is 0.374 e. The molecule has 0 aliphatic heterocycles. The first kappa shape index (κ1) is 18.9. The summed E-state index contributed by atoms with van der Waals surface area (Å²) in [4.78, 5) is 0. The predicted octanol–water partition coefficient (Wildman–Crippen LogP) is 2.77. The van der Waals surface area contributed by atoms with Crippen molar-refractivity contribution in [2.75, 3.05) is 25.2 Å². The Labute approximate surface area is 130 Å². The Morgan fingerprint density at radius 3 is 2.62 bits per heavy atom. The topological polar surface area (TPSA) is 55.4 Å². The van der Waals surface area contributed by atoms with E-state index in [1.54, 1.807) is 0 Å². The minimum absolute atomic E-state index is 0.111. The lowest BCUT2D eigenvalue weighted by Gasteiger charge is -2.45. The molecule has 1 saturated carbocycles. The molecule has 0 saturated heterocycles. The number of ether oxygens (including phenoxy) is 1. The van der Waals surface area contributed by atoms with Crippen molar-refractivity contribution in [3.63, 3.8) is 0 Å². The zero-order valence-corrected chi connectivity index (χ0v) is 15.0. The van der Waals surface area contributed by atoms with Gasteiger partial charge in [0, 0.05) is 24.7 Å². The molecule has 0 radical (unpaired) electrons. The molecule has 1 fully saturated rings. The van der Waals surface area contributed by atoms with Crippen molar-refractivity contribution in [1.82, 2.24) is 5.32 Å². The summed E-state index contributed by atoms with van der Waals surface area (Å²) in [5.74, 6) is 0.952. The van der Waals surface area contributed by atoms with E-state index in [0.717, 1.165) is 32.4 Å². The van der Waals surface area contributed by atoms with Crippen molar-refractivity contribution in [2.45, 2.75) is 70.9 Å². The van der Waals surface area contributed by atoms with Gasteiger partial charge in [0.1, 0.15) is 9.84 Å². The number of hydrogen-bond donors (Lipinski definition) is 1. The SMILES string of the molecule is CCNC(CCCS(C)(=O)=O)C1(OCC)CCCC(C)C1. The van der Waals surface area contributed by atoms with Crippen molar-refractivity contribution in [2.24, 2.45) is 5.92 Å². The smallest absolute Gasteiger partial charge is 0.147 e.